The molecule has 0 aliphatic carbocycles. The summed E-state index contributed by atoms with van der Waals surface area (Å²) in [5.41, 5.74) is 6.96. The maximum Gasteiger partial charge on any atom is 0.0775 e. The number of rotatable bonds is 4. The largest absolute Gasteiger partial charge is 0.373 e. The van der Waals surface area contributed by atoms with Crippen molar-refractivity contribution in [3.05, 3.63) is 18.0 Å². The molecule has 0 spiro atoms. The van der Waals surface area contributed by atoms with Crippen LogP contribution in [-0.4, -0.2) is 28.0 Å². The lowest BCUT2D eigenvalue weighted by Crippen LogP contribution is -2.18. The molecule has 0 radical (unpaired) electrons. The summed E-state index contributed by atoms with van der Waals surface area (Å²) in [5, 5.41) is 4.34. The van der Waals surface area contributed by atoms with Crippen LogP contribution in [0.3, 0.4) is 0 Å². The predicted molar refractivity (Wildman–Crippen MR) is 63.1 cm³/mol. The second-order valence-electron chi connectivity index (χ2n) is 4.90. The van der Waals surface area contributed by atoms with Crippen LogP contribution >= 0.6 is 0 Å². The third-order valence-electron chi connectivity index (χ3n) is 2.96. The fourth-order valence-corrected chi connectivity index (χ4v) is 2.21. The van der Waals surface area contributed by atoms with Crippen molar-refractivity contribution in [2.75, 3.05) is 0 Å². The SMILES string of the molecule is CC(N)Cc1cnn(CC2CCC(C)O2)c1. The van der Waals surface area contributed by atoms with Crippen LogP contribution < -0.4 is 5.73 Å². The Labute approximate surface area is 96.8 Å². The van der Waals surface area contributed by atoms with Crippen LogP contribution in [0.1, 0.15) is 32.3 Å². The quantitative estimate of drug-likeness (QED) is 0.838. The fourth-order valence-electron chi connectivity index (χ4n) is 2.21. The summed E-state index contributed by atoms with van der Waals surface area (Å²) in [6, 6.07) is 0.195. The van der Waals surface area contributed by atoms with Crippen molar-refractivity contribution in [1.82, 2.24) is 9.78 Å². The lowest BCUT2D eigenvalue weighted by atomic mass is 10.1. The molecule has 0 saturated carbocycles. The van der Waals surface area contributed by atoms with Crippen molar-refractivity contribution in [1.29, 1.82) is 0 Å². The summed E-state index contributed by atoms with van der Waals surface area (Å²) >= 11 is 0. The number of hydrogen-bond acceptors (Lipinski definition) is 3. The van der Waals surface area contributed by atoms with Gasteiger partial charge in [-0.15, -0.1) is 0 Å². The highest BCUT2D eigenvalue weighted by Gasteiger charge is 2.22. The first-order chi connectivity index (χ1) is 7.63. The molecule has 90 valence electrons. The van der Waals surface area contributed by atoms with E-state index in [9.17, 15) is 0 Å². The Morgan fingerprint density at radius 1 is 1.62 bits per heavy atom. The van der Waals surface area contributed by atoms with E-state index in [0.717, 1.165) is 19.4 Å². The summed E-state index contributed by atoms with van der Waals surface area (Å²) < 4.78 is 7.74. The van der Waals surface area contributed by atoms with Crippen molar-refractivity contribution >= 4 is 0 Å². The number of nitrogens with zero attached hydrogens (tertiary/aromatic N) is 2. The summed E-state index contributed by atoms with van der Waals surface area (Å²) in [4.78, 5) is 0. The van der Waals surface area contributed by atoms with Crippen molar-refractivity contribution in [3.63, 3.8) is 0 Å². The Morgan fingerprint density at radius 3 is 3.06 bits per heavy atom. The molecular formula is C12H21N3O. The molecule has 2 rings (SSSR count). The summed E-state index contributed by atoms with van der Waals surface area (Å²) in [7, 11) is 0. The minimum Gasteiger partial charge on any atom is -0.373 e. The highest BCUT2D eigenvalue weighted by Crippen LogP contribution is 2.20. The zero-order chi connectivity index (χ0) is 11.5. The van der Waals surface area contributed by atoms with Gasteiger partial charge in [0.05, 0.1) is 24.9 Å². The molecule has 4 nitrogen and oxygen atoms in total. The van der Waals surface area contributed by atoms with E-state index in [-0.39, 0.29) is 6.04 Å². The minimum atomic E-state index is 0.195. The van der Waals surface area contributed by atoms with Crippen LogP contribution in [0.15, 0.2) is 12.4 Å². The second-order valence-corrected chi connectivity index (χ2v) is 4.90. The van der Waals surface area contributed by atoms with Gasteiger partial charge in [0.2, 0.25) is 0 Å². The molecule has 1 fully saturated rings. The van der Waals surface area contributed by atoms with Gasteiger partial charge in [-0.05, 0) is 38.7 Å². The van der Waals surface area contributed by atoms with E-state index in [1.165, 1.54) is 12.0 Å². The van der Waals surface area contributed by atoms with Crippen molar-refractivity contribution in [2.24, 2.45) is 5.73 Å². The number of aromatic nitrogens is 2. The van der Waals surface area contributed by atoms with Gasteiger partial charge in [-0.2, -0.15) is 5.10 Å². The van der Waals surface area contributed by atoms with E-state index >= 15 is 0 Å². The summed E-state index contributed by atoms with van der Waals surface area (Å²) in [6.45, 7) is 5.01. The van der Waals surface area contributed by atoms with Gasteiger partial charge in [0.1, 0.15) is 0 Å². The summed E-state index contributed by atoms with van der Waals surface area (Å²) in [6.07, 6.45) is 7.92. The molecule has 4 heteroatoms. The van der Waals surface area contributed by atoms with Gasteiger partial charge in [0.15, 0.2) is 0 Å². The maximum atomic E-state index is 5.77. The Bertz CT molecular complexity index is 335. The molecule has 1 aromatic heterocycles. The monoisotopic (exact) mass is 223 g/mol. The first-order valence-electron chi connectivity index (χ1n) is 6.06. The highest BCUT2D eigenvalue weighted by molar-refractivity contribution is 5.05. The van der Waals surface area contributed by atoms with E-state index in [4.69, 9.17) is 10.5 Å². The Balaban J connectivity index is 1.87. The van der Waals surface area contributed by atoms with Gasteiger partial charge in [-0.25, -0.2) is 0 Å². The zero-order valence-corrected chi connectivity index (χ0v) is 10.1. The lowest BCUT2D eigenvalue weighted by molar-refractivity contribution is 0.0437. The molecule has 0 aromatic carbocycles. The number of hydrogen-bond donors (Lipinski definition) is 1. The first kappa shape index (κ1) is 11.6. The molecular weight excluding hydrogens is 202 g/mol. The topological polar surface area (TPSA) is 53.1 Å². The molecule has 0 amide bonds. The van der Waals surface area contributed by atoms with E-state index in [0.29, 0.717) is 12.2 Å². The second kappa shape index (κ2) is 4.97. The van der Waals surface area contributed by atoms with Crippen LogP contribution in [-0.2, 0) is 17.7 Å². The molecule has 1 aromatic rings. The molecule has 16 heavy (non-hydrogen) atoms. The summed E-state index contributed by atoms with van der Waals surface area (Å²) in [5.74, 6) is 0. The third-order valence-corrected chi connectivity index (χ3v) is 2.96. The van der Waals surface area contributed by atoms with Gasteiger partial charge in [-0.3, -0.25) is 4.68 Å². The van der Waals surface area contributed by atoms with Crippen molar-refractivity contribution in [2.45, 2.75) is 57.9 Å². The van der Waals surface area contributed by atoms with E-state index in [1.54, 1.807) is 0 Å². The smallest absolute Gasteiger partial charge is 0.0775 e. The van der Waals surface area contributed by atoms with Crippen LogP contribution in [0.2, 0.25) is 0 Å². The molecule has 3 unspecified atom stereocenters. The van der Waals surface area contributed by atoms with Gasteiger partial charge in [0, 0.05) is 12.2 Å². The number of ether oxygens (including phenoxy) is 1. The van der Waals surface area contributed by atoms with Crippen LogP contribution in [0, 0.1) is 0 Å². The Morgan fingerprint density at radius 2 is 2.44 bits per heavy atom. The van der Waals surface area contributed by atoms with Crippen LogP contribution in [0.4, 0.5) is 0 Å². The molecule has 3 atom stereocenters. The fraction of sp³-hybridized carbons (Fsp3) is 0.750. The minimum absolute atomic E-state index is 0.195. The van der Waals surface area contributed by atoms with Crippen molar-refractivity contribution < 1.29 is 4.74 Å². The van der Waals surface area contributed by atoms with Crippen LogP contribution in [0.25, 0.3) is 0 Å². The standard InChI is InChI=1S/C12H21N3O/c1-9(13)5-11-6-14-15(7-11)8-12-4-3-10(2)16-12/h6-7,9-10,12H,3-5,8,13H2,1-2H3. The van der Waals surface area contributed by atoms with E-state index in [1.807, 2.05) is 17.8 Å². The molecule has 1 aliphatic rings. The van der Waals surface area contributed by atoms with E-state index in [2.05, 4.69) is 18.2 Å². The average molecular weight is 223 g/mol. The van der Waals surface area contributed by atoms with Gasteiger partial charge < -0.3 is 10.5 Å². The Kier molecular flexibility index (Phi) is 3.61. The zero-order valence-electron chi connectivity index (χ0n) is 10.1. The predicted octanol–water partition coefficient (Wildman–Crippen LogP) is 1.34. The average Bonchev–Trinajstić information content (AvgIpc) is 2.76. The number of nitrogens with two attached hydrogens (primary N) is 1. The van der Waals surface area contributed by atoms with Crippen molar-refractivity contribution in [3.8, 4) is 0 Å². The van der Waals surface area contributed by atoms with Gasteiger partial charge in [0.25, 0.3) is 0 Å². The van der Waals surface area contributed by atoms with Gasteiger partial charge >= 0.3 is 0 Å². The Hall–Kier alpha value is -0.870. The highest BCUT2D eigenvalue weighted by atomic mass is 16.5. The lowest BCUT2D eigenvalue weighted by Gasteiger charge is -2.10. The molecule has 2 N–H and O–H groups in total. The normalized spacial score (nSPS) is 27.2. The first-order valence-corrected chi connectivity index (χ1v) is 6.06. The van der Waals surface area contributed by atoms with E-state index < -0.39 is 0 Å². The molecule has 1 saturated heterocycles. The molecule has 1 aliphatic heterocycles. The molecule has 0 bridgehead atoms. The maximum absolute atomic E-state index is 5.77. The molecule has 2 heterocycles. The third kappa shape index (κ3) is 3.06. The van der Waals surface area contributed by atoms with Crippen LogP contribution in [0.5, 0.6) is 0 Å². The van der Waals surface area contributed by atoms with Gasteiger partial charge in [-0.1, -0.05) is 0 Å².